The number of benzene rings is 2. The fourth-order valence-corrected chi connectivity index (χ4v) is 5.31. The van der Waals surface area contributed by atoms with Crippen LogP contribution in [0.1, 0.15) is 71.6 Å². The van der Waals surface area contributed by atoms with Crippen molar-refractivity contribution in [2.24, 2.45) is 5.92 Å². The predicted molar refractivity (Wildman–Crippen MR) is 182 cm³/mol. The maximum absolute atomic E-state index is 15.1. The SMILES string of the molecule is CC1CCN(C(=O)C(c2ccc(F)cc2F)n2cnc(NC(=O)[C@@H](COCc3ccccc3)NC(=O)C(C)(C)NC(=O)OC(C)(C)C)c2)CC1. The molecular weight excluding hydrogens is 650 g/mol. The second-order valence-electron chi connectivity index (χ2n) is 14.1. The zero-order valence-corrected chi connectivity index (χ0v) is 29.3. The zero-order valence-electron chi connectivity index (χ0n) is 29.3. The minimum absolute atomic E-state index is 0.0102. The van der Waals surface area contributed by atoms with Gasteiger partial charge in [0.15, 0.2) is 5.82 Å². The Morgan fingerprint density at radius 3 is 2.32 bits per heavy atom. The van der Waals surface area contributed by atoms with E-state index in [4.69, 9.17) is 9.47 Å². The Morgan fingerprint density at radius 2 is 1.68 bits per heavy atom. The number of nitrogens with one attached hydrogen (secondary N) is 3. The van der Waals surface area contributed by atoms with Crippen molar-refractivity contribution in [2.75, 3.05) is 25.0 Å². The van der Waals surface area contributed by atoms with E-state index in [0.717, 1.165) is 30.5 Å². The number of alkyl carbamates (subject to hydrolysis) is 1. The van der Waals surface area contributed by atoms with Gasteiger partial charge in [-0.2, -0.15) is 0 Å². The summed E-state index contributed by atoms with van der Waals surface area (Å²) in [5, 5.41) is 7.79. The molecule has 3 aromatic rings. The summed E-state index contributed by atoms with van der Waals surface area (Å²) in [7, 11) is 0. The van der Waals surface area contributed by atoms with Crippen molar-refractivity contribution >= 4 is 29.6 Å². The molecule has 1 unspecified atom stereocenters. The average Bonchev–Trinajstić information content (AvgIpc) is 3.48. The zero-order chi connectivity index (χ0) is 36.6. The molecule has 1 fully saturated rings. The summed E-state index contributed by atoms with van der Waals surface area (Å²) in [6.07, 6.45) is 3.41. The standard InChI is InChI=1S/C36H46F2N6O6/c1-23-14-16-43(17-15-23)32(46)30(26-13-12-25(37)18-27(26)38)44-19-29(39-22-44)41-31(45)28(21-49-20-24-10-8-7-9-11-24)40-33(47)36(5,6)42-34(48)50-35(2,3)4/h7-13,18-19,22-23,28,30H,14-17,20-21H2,1-6H3,(H,40,47)(H,41,45)(H,42,48)/t28-,30?/m1/s1. The lowest BCUT2D eigenvalue weighted by Crippen LogP contribution is -2.59. The lowest BCUT2D eigenvalue weighted by Gasteiger charge is -2.33. The molecule has 4 amide bonds. The molecule has 270 valence electrons. The van der Waals surface area contributed by atoms with E-state index in [1.165, 1.54) is 37.0 Å². The number of amides is 4. The molecule has 0 saturated carbocycles. The van der Waals surface area contributed by atoms with E-state index in [2.05, 4.69) is 27.9 Å². The Kier molecular flexibility index (Phi) is 12.3. The van der Waals surface area contributed by atoms with Crippen molar-refractivity contribution in [3.8, 4) is 0 Å². The van der Waals surface area contributed by atoms with Crippen molar-refractivity contribution in [3.63, 3.8) is 0 Å². The predicted octanol–water partition coefficient (Wildman–Crippen LogP) is 4.95. The molecule has 2 atom stereocenters. The second kappa shape index (κ2) is 16.2. The van der Waals surface area contributed by atoms with Crippen molar-refractivity contribution in [1.82, 2.24) is 25.1 Å². The number of imidazole rings is 1. The molecule has 1 aromatic heterocycles. The summed E-state index contributed by atoms with van der Waals surface area (Å²) in [6.45, 7) is 11.0. The van der Waals surface area contributed by atoms with Crippen molar-refractivity contribution in [3.05, 3.63) is 83.8 Å². The quantitative estimate of drug-likeness (QED) is 0.243. The Morgan fingerprint density at radius 1 is 1.00 bits per heavy atom. The number of piperidine rings is 1. The van der Waals surface area contributed by atoms with Gasteiger partial charge in [-0.3, -0.25) is 14.4 Å². The van der Waals surface area contributed by atoms with Gasteiger partial charge in [-0.15, -0.1) is 0 Å². The summed E-state index contributed by atoms with van der Waals surface area (Å²) in [5.74, 6) is -3.01. The van der Waals surface area contributed by atoms with Crippen LogP contribution in [-0.2, 0) is 30.5 Å². The summed E-state index contributed by atoms with van der Waals surface area (Å²) in [6, 6.07) is 9.79. The summed E-state index contributed by atoms with van der Waals surface area (Å²) < 4.78 is 41.4. The molecule has 1 saturated heterocycles. The first-order chi connectivity index (χ1) is 23.5. The third-order valence-corrected chi connectivity index (χ3v) is 8.14. The first-order valence-corrected chi connectivity index (χ1v) is 16.5. The average molecular weight is 697 g/mol. The maximum atomic E-state index is 15.1. The van der Waals surface area contributed by atoms with Crippen LogP contribution >= 0.6 is 0 Å². The van der Waals surface area contributed by atoms with Gasteiger partial charge < -0.3 is 34.9 Å². The number of hydrogen-bond donors (Lipinski definition) is 3. The number of carbonyl (C=O) groups excluding carboxylic acids is 4. The molecule has 2 aromatic carbocycles. The highest BCUT2D eigenvalue weighted by molar-refractivity contribution is 5.98. The molecule has 50 heavy (non-hydrogen) atoms. The number of rotatable bonds is 12. The molecule has 0 bridgehead atoms. The summed E-state index contributed by atoms with van der Waals surface area (Å²) in [5.41, 5.74) is -1.49. The van der Waals surface area contributed by atoms with Crippen LogP contribution < -0.4 is 16.0 Å². The Labute approximate surface area is 290 Å². The third-order valence-electron chi connectivity index (χ3n) is 8.14. The molecule has 0 radical (unpaired) electrons. The molecule has 4 rings (SSSR count). The van der Waals surface area contributed by atoms with Gasteiger partial charge in [0.2, 0.25) is 11.8 Å². The Hall–Kier alpha value is -4.85. The van der Waals surface area contributed by atoms with E-state index in [1.54, 1.807) is 25.7 Å². The van der Waals surface area contributed by atoms with Crippen LogP contribution in [0.5, 0.6) is 0 Å². The minimum atomic E-state index is -1.49. The number of halogens is 2. The number of likely N-dealkylation sites (tertiary alicyclic amines) is 1. The van der Waals surface area contributed by atoms with E-state index < -0.39 is 58.7 Å². The molecule has 3 N–H and O–H groups in total. The van der Waals surface area contributed by atoms with Crippen molar-refractivity contribution in [1.29, 1.82) is 0 Å². The Balaban J connectivity index is 1.54. The highest BCUT2D eigenvalue weighted by Crippen LogP contribution is 2.28. The third kappa shape index (κ3) is 10.6. The van der Waals surface area contributed by atoms with E-state index >= 15 is 4.39 Å². The highest BCUT2D eigenvalue weighted by Gasteiger charge is 2.35. The summed E-state index contributed by atoms with van der Waals surface area (Å²) in [4.78, 5) is 59.1. The number of aromatic nitrogens is 2. The minimum Gasteiger partial charge on any atom is -0.444 e. The lowest BCUT2D eigenvalue weighted by molar-refractivity contribution is -0.135. The monoisotopic (exact) mass is 696 g/mol. The molecule has 14 heteroatoms. The topological polar surface area (TPSA) is 144 Å². The van der Waals surface area contributed by atoms with E-state index in [0.29, 0.717) is 19.0 Å². The van der Waals surface area contributed by atoms with Crippen LogP contribution in [0.4, 0.5) is 19.4 Å². The summed E-state index contributed by atoms with van der Waals surface area (Å²) >= 11 is 0. The van der Waals surface area contributed by atoms with Gasteiger partial charge >= 0.3 is 6.09 Å². The van der Waals surface area contributed by atoms with Gasteiger partial charge in [0.25, 0.3) is 5.91 Å². The molecule has 1 aliphatic heterocycles. The number of ether oxygens (including phenoxy) is 2. The molecule has 0 aliphatic carbocycles. The normalized spacial score (nSPS) is 15.2. The molecule has 1 aliphatic rings. The van der Waals surface area contributed by atoms with Gasteiger partial charge in [0.05, 0.1) is 19.5 Å². The number of nitrogens with zero attached hydrogens (tertiary/aromatic N) is 3. The van der Waals surface area contributed by atoms with E-state index in [-0.39, 0.29) is 24.6 Å². The van der Waals surface area contributed by atoms with Gasteiger partial charge in [-0.25, -0.2) is 18.6 Å². The van der Waals surface area contributed by atoms with Crippen molar-refractivity contribution in [2.45, 2.75) is 84.2 Å². The van der Waals surface area contributed by atoms with Gasteiger partial charge in [-0.05, 0) is 65.0 Å². The highest BCUT2D eigenvalue weighted by atomic mass is 19.1. The van der Waals surface area contributed by atoms with Gasteiger partial charge in [0.1, 0.15) is 34.9 Å². The number of hydrogen-bond acceptors (Lipinski definition) is 7. The maximum Gasteiger partial charge on any atom is 0.408 e. The first-order valence-electron chi connectivity index (χ1n) is 16.5. The van der Waals surface area contributed by atoms with E-state index in [1.807, 2.05) is 30.3 Å². The molecular formula is C36H46F2N6O6. The lowest BCUT2D eigenvalue weighted by atomic mass is 9.97. The van der Waals surface area contributed by atoms with Gasteiger partial charge in [0, 0.05) is 30.9 Å². The fraction of sp³-hybridized carbons (Fsp3) is 0.472. The van der Waals surface area contributed by atoms with Crippen LogP contribution in [0.3, 0.4) is 0 Å². The Bertz CT molecular complexity index is 1650. The van der Waals surface area contributed by atoms with Crippen LogP contribution in [0.15, 0.2) is 61.1 Å². The van der Waals surface area contributed by atoms with Crippen molar-refractivity contribution < 1.29 is 37.4 Å². The van der Waals surface area contributed by atoms with Crippen LogP contribution in [0, 0.1) is 17.6 Å². The van der Waals surface area contributed by atoms with Crippen LogP contribution in [0.2, 0.25) is 0 Å². The van der Waals surface area contributed by atoms with Gasteiger partial charge in [-0.1, -0.05) is 43.3 Å². The first kappa shape index (κ1) is 38.0. The fourth-order valence-electron chi connectivity index (χ4n) is 5.31. The molecule has 2 heterocycles. The molecule has 12 nitrogen and oxygen atoms in total. The van der Waals surface area contributed by atoms with Crippen LogP contribution in [0.25, 0.3) is 0 Å². The second-order valence-corrected chi connectivity index (χ2v) is 14.1. The largest absolute Gasteiger partial charge is 0.444 e. The number of anilines is 1. The van der Waals surface area contributed by atoms with E-state index in [9.17, 15) is 23.6 Å². The number of carbonyl (C=O) groups is 4. The molecule has 0 spiro atoms. The smallest absolute Gasteiger partial charge is 0.408 e. The van der Waals surface area contributed by atoms with Crippen LogP contribution in [-0.4, -0.2) is 75.1 Å².